The van der Waals surface area contributed by atoms with Crippen LogP contribution in [0.5, 0.6) is 0 Å². The molecule has 0 aromatic heterocycles. The van der Waals surface area contributed by atoms with Gasteiger partial charge >= 0.3 is 11.9 Å². The zero-order valence-corrected chi connectivity index (χ0v) is 6.19. The van der Waals surface area contributed by atoms with E-state index in [4.69, 9.17) is 0 Å². The standard InChI is InChI=1S/C4H2BBrO3/c5-1-2(6)4(8)9-3(1)7/h5H2. The molecule has 0 N–H and O–H groups in total. The molecule has 0 fully saturated rings. The normalized spacial score (nSPS) is 18.8. The van der Waals surface area contributed by atoms with Gasteiger partial charge in [0.1, 0.15) is 4.48 Å². The van der Waals surface area contributed by atoms with Crippen molar-refractivity contribution in [3.8, 4) is 0 Å². The highest BCUT2D eigenvalue weighted by Crippen LogP contribution is 2.19. The Morgan fingerprint density at radius 1 is 1.33 bits per heavy atom. The molecule has 0 bridgehead atoms. The molecule has 1 aliphatic heterocycles. The van der Waals surface area contributed by atoms with Crippen LogP contribution in [0.25, 0.3) is 0 Å². The van der Waals surface area contributed by atoms with Gasteiger partial charge in [0, 0.05) is 5.47 Å². The summed E-state index contributed by atoms with van der Waals surface area (Å²) < 4.78 is 4.42. The van der Waals surface area contributed by atoms with Crippen LogP contribution in [0, 0.1) is 0 Å². The predicted molar refractivity (Wildman–Crippen MR) is 35.6 cm³/mol. The molecule has 1 heterocycles. The van der Waals surface area contributed by atoms with Crippen molar-refractivity contribution in [3.05, 3.63) is 9.95 Å². The summed E-state index contributed by atoms with van der Waals surface area (Å²) in [5.41, 5.74) is 0.333. The Kier molecular flexibility index (Phi) is 1.44. The van der Waals surface area contributed by atoms with Gasteiger partial charge in [0.15, 0.2) is 7.85 Å². The molecule has 0 aliphatic carbocycles. The van der Waals surface area contributed by atoms with Crippen LogP contribution in [0.1, 0.15) is 0 Å². The Hall–Kier alpha value is -0.575. The molecule has 46 valence electrons. The number of ether oxygens (including phenoxy) is 1. The van der Waals surface area contributed by atoms with Crippen LogP contribution in [0.4, 0.5) is 0 Å². The first kappa shape index (κ1) is 6.54. The van der Waals surface area contributed by atoms with Crippen molar-refractivity contribution in [2.45, 2.75) is 0 Å². The molecule has 0 saturated carbocycles. The summed E-state index contributed by atoms with van der Waals surface area (Å²) in [5, 5.41) is 0. The number of rotatable bonds is 0. The van der Waals surface area contributed by atoms with E-state index in [1.165, 1.54) is 7.85 Å². The van der Waals surface area contributed by atoms with Gasteiger partial charge in [-0.2, -0.15) is 0 Å². The van der Waals surface area contributed by atoms with Crippen molar-refractivity contribution in [2.24, 2.45) is 0 Å². The maximum absolute atomic E-state index is 10.5. The lowest BCUT2D eigenvalue weighted by Crippen LogP contribution is -2.01. The van der Waals surface area contributed by atoms with E-state index in [-0.39, 0.29) is 4.48 Å². The Labute approximate surface area is 60.6 Å². The first-order chi connectivity index (χ1) is 4.13. The van der Waals surface area contributed by atoms with Crippen LogP contribution in [-0.2, 0) is 14.3 Å². The van der Waals surface area contributed by atoms with Crippen LogP contribution in [0.2, 0.25) is 0 Å². The Bertz CT molecular complexity index is 198. The fourth-order valence-electron chi connectivity index (χ4n) is 0.448. The number of esters is 2. The molecular formula is C4H2BBrO3. The van der Waals surface area contributed by atoms with E-state index in [1.54, 1.807) is 0 Å². The quantitative estimate of drug-likeness (QED) is 0.287. The van der Waals surface area contributed by atoms with E-state index in [9.17, 15) is 9.59 Å². The first-order valence-electron chi connectivity index (χ1n) is 2.26. The lowest BCUT2D eigenvalue weighted by atomic mass is 9.97. The van der Waals surface area contributed by atoms with E-state index in [1.807, 2.05) is 0 Å². The zero-order valence-electron chi connectivity index (χ0n) is 4.60. The fourth-order valence-corrected chi connectivity index (χ4v) is 0.691. The second-order valence-electron chi connectivity index (χ2n) is 1.62. The highest BCUT2D eigenvalue weighted by atomic mass is 79.9. The number of carbonyl (C=O) groups is 2. The van der Waals surface area contributed by atoms with E-state index < -0.39 is 11.9 Å². The minimum atomic E-state index is -0.600. The third-order valence-corrected chi connectivity index (χ3v) is 1.92. The van der Waals surface area contributed by atoms with Crippen LogP contribution < -0.4 is 0 Å². The van der Waals surface area contributed by atoms with Gasteiger partial charge in [-0.15, -0.1) is 0 Å². The summed E-state index contributed by atoms with van der Waals surface area (Å²) in [6.07, 6.45) is 0. The molecular weight excluding hydrogens is 187 g/mol. The topological polar surface area (TPSA) is 43.4 Å². The second kappa shape index (κ2) is 1.99. The highest BCUT2D eigenvalue weighted by Gasteiger charge is 2.26. The maximum Gasteiger partial charge on any atom is 0.352 e. The lowest BCUT2D eigenvalue weighted by Gasteiger charge is -1.83. The SMILES string of the molecule is BC1=C(Br)C(=O)OC1=O. The third kappa shape index (κ3) is 0.918. The van der Waals surface area contributed by atoms with Crippen molar-refractivity contribution < 1.29 is 14.3 Å². The van der Waals surface area contributed by atoms with E-state index in [0.29, 0.717) is 5.47 Å². The molecule has 0 aromatic rings. The van der Waals surface area contributed by atoms with Crippen molar-refractivity contribution >= 4 is 35.7 Å². The molecule has 0 amide bonds. The maximum atomic E-state index is 10.5. The minimum absolute atomic E-state index is 0.229. The number of halogens is 1. The Morgan fingerprint density at radius 3 is 2.00 bits per heavy atom. The van der Waals surface area contributed by atoms with Gasteiger partial charge < -0.3 is 4.74 Å². The summed E-state index contributed by atoms with van der Waals surface area (Å²) in [5.74, 6) is -1.16. The second-order valence-corrected chi connectivity index (χ2v) is 2.41. The third-order valence-electron chi connectivity index (χ3n) is 1.00. The number of hydrogen-bond donors (Lipinski definition) is 0. The molecule has 3 nitrogen and oxygen atoms in total. The summed E-state index contributed by atoms with van der Waals surface area (Å²) in [4.78, 5) is 20.9. The van der Waals surface area contributed by atoms with Crippen molar-refractivity contribution in [3.63, 3.8) is 0 Å². The molecule has 5 heteroatoms. The van der Waals surface area contributed by atoms with E-state index in [0.717, 1.165) is 0 Å². The average Bonchev–Trinajstić information content (AvgIpc) is 1.98. The zero-order chi connectivity index (χ0) is 7.02. The van der Waals surface area contributed by atoms with Gasteiger partial charge in [0.05, 0.1) is 0 Å². The molecule has 0 aromatic carbocycles. The fraction of sp³-hybridized carbons (Fsp3) is 0. The molecule has 0 radical (unpaired) electrons. The van der Waals surface area contributed by atoms with Gasteiger partial charge in [-0.05, 0) is 15.9 Å². The van der Waals surface area contributed by atoms with Crippen LogP contribution in [-0.4, -0.2) is 19.8 Å². The van der Waals surface area contributed by atoms with Gasteiger partial charge in [0.25, 0.3) is 0 Å². The van der Waals surface area contributed by atoms with Crippen molar-refractivity contribution in [1.29, 1.82) is 0 Å². The van der Waals surface area contributed by atoms with Gasteiger partial charge in [0.2, 0.25) is 0 Å². The monoisotopic (exact) mass is 188 g/mol. The number of hydrogen-bond acceptors (Lipinski definition) is 3. The number of carbonyl (C=O) groups excluding carboxylic acids is 2. The van der Waals surface area contributed by atoms with Gasteiger partial charge in [-0.3, -0.25) is 0 Å². The molecule has 0 spiro atoms. The predicted octanol–water partition coefficient (Wildman–Crippen LogP) is -0.691. The Balaban J connectivity index is 3.06. The van der Waals surface area contributed by atoms with Crippen molar-refractivity contribution in [1.82, 2.24) is 0 Å². The van der Waals surface area contributed by atoms with Crippen molar-refractivity contribution in [2.75, 3.05) is 0 Å². The molecule has 9 heavy (non-hydrogen) atoms. The molecule has 0 unspecified atom stereocenters. The summed E-state index contributed by atoms with van der Waals surface area (Å²) in [6.45, 7) is 0. The molecule has 0 saturated heterocycles. The van der Waals surface area contributed by atoms with Crippen LogP contribution in [0.15, 0.2) is 9.95 Å². The first-order valence-corrected chi connectivity index (χ1v) is 3.05. The molecule has 1 rings (SSSR count). The van der Waals surface area contributed by atoms with Gasteiger partial charge in [-0.25, -0.2) is 9.59 Å². The highest BCUT2D eigenvalue weighted by molar-refractivity contribution is 9.12. The molecule has 1 aliphatic rings. The summed E-state index contributed by atoms with van der Waals surface area (Å²) >= 11 is 2.89. The van der Waals surface area contributed by atoms with Crippen LogP contribution >= 0.6 is 15.9 Å². The summed E-state index contributed by atoms with van der Waals surface area (Å²) in [6, 6.07) is 0. The smallest absolute Gasteiger partial charge is 0.352 e. The van der Waals surface area contributed by atoms with E-state index >= 15 is 0 Å². The van der Waals surface area contributed by atoms with Crippen LogP contribution in [0.3, 0.4) is 0 Å². The average molecular weight is 189 g/mol. The largest absolute Gasteiger partial charge is 0.386 e. The van der Waals surface area contributed by atoms with E-state index in [2.05, 4.69) is 20.7 Å². The Morgan fingerprint density at radius 2 is 1.89 bits per heavy atom. The molecule has 0 atom stereocenters. The lowest BCUT2D eigenvalue weighted by molar-refractivity contribution is -0.150. The summed E-state index contributed by atoms with van der Waals surface area (Å²) in [7, 11) is 1.53. The number of cyclic esters (lactones) is 2. The van der Waals surface area contributed by atoms with Gasteiger partial charge in [-0.1, -0.05) is 0 Å². The minimum Gasteiger partial charge on any atom is -0.386 e.